The zero-order chi connectivity index (χ0) is 27.6. The maximum atomic E-state index is 11.1. The fraction of sp³-hybridized carbons (Fsp3) is 0.500. The Hall–Kier alpha value is -2.74. The number of aliphatic hydroxyl groups is 1. The molecule has 2 aliphatic rings. The van der Waals surface area contributed by atoms with Crippen molar-refractivity contribution in [3.05, 3.63) is 64.0 Å². The third-order valence-electron chi connectivity index (χ3n) is 7.90. The Bertz CT molecular complexity index is 1200. The van der Waals surface area contributed by atoms with E-state index in [2.05, 4.69) is 65.8 Å². The Morgan fingerprint density at radius 1 is 1.05 bits per heavy atom. The zero-order valence-corrected chi connectivity index (χ0v) is 24.4. The van der Waals surface area contributed by atoms with Crippen molar-refractivity contribution in [3.63, 3.8) is 0 Å². The van der Waals surface area contributed by atoms with E-state index in [-0.39, 0.29) is 5.92 Å². The summed E-state index contributed by atoms with van der Waals surface area (Å²) in [5, 5.41) is 13.9. The molecule has 7 heteroatoms. The molecule has 210 valence electrons. The van der Waals surface area contributed by atoms with Gasteiger partial charge in [0.25, 0.3) is 0 Å². The van der Waals surface area contributed by atoms with Crippen LogP contribution in [-0.4, -0.2) is 42.6 Å². The Labute approximate surface area is 237 Å². The molecule has 1 saturated carbocycles. The van der Waals surface area contributed by atoms with Crippen molar-refractivity contribution in [3.8, 4) is 17.0 Å². The summed E-state index contributed by atoms with van der Waals surface area (Å²) in [7, 11) is 1.00. The van der Waals surface area contributed by atoms with Gasteiger partial charge in [-0.25, -0.2) is 4.98 Å². The van der Waals surface area contributed by atoms with Gasteiger partial charge in [0.05, 0.1) is 5.69 Å². The lowest BCUT2D eigenvalue weighted by Gasteiger charge is -2.29. The van der Waals surface area contributed by atoms with E-state index in [1.807, 2.05) is 0 Å². The highest BCUT2D eigenvalue weighted by Gasteiger charge is 2.22. The molecule has 1 aromatic heterocycles. The number of aliphatic hydroxyl groups excluding tert-OH is 1. The first-order valence-electron chi connectivity index (χ1n) is 14.2. The molecular weight excluding hydrogens is 506 g/mol. The van der Waals surface area contributed by atoms with Crippen LogP contribution >= 0.6 is 11.3 Å². The van der Waals surface area contributed by atoms with Gasteiger partial charge in [0.2, 0.25) is 0 Å². The van der Waals surface area contributed by atoms with Crippen molar-refractivity contribution in [2.75, 3.05) is 25.1 Å². The summed E-state index contributed by atoms with van der Waals surface area (Å²) in [4.78, 5) is 18.4. The molecule has 39 heavy (non-hydrogen) atoms. The summed E-state index contributed by atoms with van der Waals surface area (Å²) < 4.78 is 6.39. The maximum absolute atomic E-state index is 11.1. The molecule has 0 amide bonds. The lowest BCUT2D eigenvalue weighted by molar-refractivity contribution is -0.111. The summed E-state index contributed by atoms with van der Waals surface area (Å²) in [5.74, 6) is 1.06. The summed E-state index contributed by atoms with van der Waals surface area (Å²) in [6, 6.07) is 13.8. The number of aryl methyl sites for hydroxylation is 2. The lowest BCUT2D eigenvalue weighted by Crippen LogP contribution is -2.33. The Morgan fingerprint density at radius 3 is 2.54 bits per heavy atom. The van der Waals surface area contributed by atoms with Crippen LogP contribution in [0.4, 0.5) is 5.13 Å². The third-order valence-corrected chi connectivity index (χ3v) is 8.80. The zero-order valence-electron chi connectivity index (χ0n) is 23.6. The molecule has 0 spiro atoms. The minimum Gasteiger partial charge on any atom is -0.488 e. The molecule has 0 atom stereocenters. The van der Waals surface area contributed by atoms with E-state index < -0.39 is 0 Å². The van der Waals surface area contributed by atoms with E-state index in [9.17, 15) is 4.79 Å². The molecule has 5 rings (SSSR count). The highest BCUT2D eigenvalue weighted by Crippen LogP contribution is 2.36. The van der Waals surface area contributed by atoms with Gasteiger partial charge in [-0.15, -0.1) is 11.3 Å². The minimum absolute atomic E-state index is 0.193. The van der Waals surface area contributed by atoms with Gasteiger partial charge in [-0.05, 0) is 68.4 Å². The van der Waals surface area contributed by atoms with Gasteiger partial charge in [-0.2, -0.15) is 0 Å². The van der Waals surface area contributed by atoms with Crippen LogP contribution in [0, 0.1) is 19.8 Å². The second-order valence-corrected chi connectivity index (χ2v) is 11.6. The van der Waals surface area contributed by atoms with E-state index in [4.69, 9.17) is 14.8 Å². The molecule has 1 saturated heterocycles. The van der Waals surface area contributed by atoms with Crippen molar-refractivity contribution >= 4 is 22.8 Å². The number of aldehydes is 1. The second kappa shape index (κ2) is 14.6. The average molecular weight is 550 g/mol. The van der Waals surface area contributed by atoms with Crippen LogP contribution in [0.25, 0.3) is 11.3 Å². The van der Waals surface area contributed by atoms with Gasteiger partial charge >= 0.3 is 0 Å². The number of hydrogen-bond donors (Lipinski definition) is 2. The number of rotatable bonds is 9. The van der Waals surface area contributed by atoms with Crippen LogP contribution in [0.5, 0.6) is 5.75 Å². The van der Waals surface area contributed by atoms with Gasteiger partial charge in [-0.3, -0.25) is 0 Å². The molecule has 3 aromatic rings. The van der Waals surface area contributed by atoms with Crippen LogP contribution in [0.15, 0.2) is 41.8 Å². The molecule has 0 unspecified atom stereocenters. The van der Waals surface area contributed by atoms with E-state index >= 15 is 0 Å². The topological polar surface area (TPSA) is 74.7 Å². The number of nitrogens with zero attached hydrogens (tertiary/aromatic N) is 2. The molecule has 2 fully saturated rings. The molecule has 1 aliphatic heterocycles. The first kappa shape index (κ1) is 29.2. The van der Waals surface area contributed by atoms with E-state index in [0.29, 0.717) is 12.6 Å². The average Bonchev–Trinajstić information content (AvgIpc) is 3.48. The molecule has 1 aliphatic carbocycles. The van der Waals surface area contributed by atoms with Gasteiger partial charge in [0.1, 0.15) is 18.6 Å². The Kier molecular flexibility index (Phi) is 10.9. The Balaban J connectivity index is 0.00000172. The quantitative estimate of drug-likeness (QED) is 0.299. The number of carbonyl (C=O) groups is 1. The summed E-state index contributed by atoms with van der Waals surface area (Å²) in [6.07, 6.45) is 9.64. The number of thiazole rings is 1. The predicted octanol–water partition coefficient (Wildman–Crippen LogP) is 6.45. The van der Waals surface area contributed by atoms with Gasteiger partial charge in [0, 0.05) is 49.6 Å². The van der Waals surface area contributed by atoms with Crippen LogP contribution in [0.2, 0.25) is 0 Å². The van der Waals surface area contributed by atoms with Gasteiger partial charge in [-0.1, -0.05) is 49.1 Å². The number of anilines is 1. The smallest absolute Gasteiger partial charge is 0.185 e. The summed E-state index contributed by atoms with van der Waals surface area (Å²) in [6.45, 7) is 7.54. The minimum atomic E-state index is 0.193. The fourth-order valence-electron chi connectivity index (χ4n) is 5.48. The number of nitrogens with one attached hydrogen (secondary N) is 1. The molecule has 6 nitrogen and oxygen atoms in total. The van der Waals surface area contributed by atoms with Crippen molar-refractivity contribution in [1.29, 1.82) is 0 Å². The van der Waals surface area contributed by atoms with Crippen molar-refractivity contribution in [2.45, 2.75) is 78.0 Å². The molecule has 2 heterocycles. The van der Waals surface area contributed by atoms with E-state index in [0.717, 1.165) is 68.0 Å². The fourth-order valence-corrected chi connectivity index (χ4v) is 6.36. The van der Waals surface area contributed by atoms with Crippen LogP contribution in [0.1, 0.15) is 67.2 Å². The summed E-state index contributed by atoms with van der Waals surface area (Å²) >= 11 is 1.67. The first-order chi connectivity index (χ1) is 19.1. The third kappa shape index (κ3) is 7.90. The van der Waals surface area contributed by atoms with Crippen molar-refractivity contribution < 1.29 is 14.6 Å². The number of piperidine rings is 1. The monoisotopic (exact) mass is 549 g/mol. The number of carbonyl (C=O) groups excluding carboxylic acids is 1. The Morgan fingerprint density at radius 2 is 1.82 bits per heavy atom. The lowest BCUT2D eigenvalue weighted by atomic mass is 9.95. The normalized spacial score (nSPS) is 16.5. The number of ether oxygens (including phenoxy) is 1. The molecular formula is C32H43N3O3S. The molecule has 0 radical (unpaired) electrons. The SMILES string of the molecule is CO.Cc1ccc(OCc2ccc(CNC3CCCCC3)cc2C)c(-c2csc(N3CCC(C=O)CC3)n2)c1. The number of hydrogen-bond acceptors (Lipinski definition) is 7. The van der Waals surface area contributed by atoms with E-state index in [1.54, 1.807) is 11.3 Å². The predicted molar refractivity (Wildman–Crippen MR) is 161 cm³/mol. The highest BCUT2D eigenvalue weighted by molar-refractivity contribution is 7.14. The number of benzene rings is 2. The van der Waals surface area contributed by atoms with Crippen molar-refractivity contribution in [2.24, 2.45) is 5.92 Å². The second-order valence-electron chi connectivity index (χ2n) is 10.7. The van der Waals surface area contributed by atoms with Crippen LogP contribution < -0.4 is 15.0 Å². The standard InChI is InChI=1S/C31H39N3O2S.CH4O/c1-22-8-11-30(28(16-22)29-21-37-31(33-29)34-14-12-24(19-35)13-15-34)36-20-26-10-9-25(17-23(26)2)18-32-27-6-4-3-5-7-27;1-2/h8-11,16-17,19,21,24,27,32H,3-7,12-15,18,20H2,1-2H3;2H,1H3. The summed E-state index contributed by atoms with van der Waals surface area (Å²) in [5.41, 5.74) is 7.01. The molecule has 0 bridgehead atoms. The largest absolute Gasteiger partial charge is 0.488 e. The highest BCUT2D eigenvalue weighted by atomic mass is 32.1. The molecule has 2 N–H and O–H groups in total. The van der Waals surface area contributed by atoms with Gasteiger partial charge in [0.15, 0.2) is 5.13 Å². The number of aromatic nitrogens is 1. The maximum Gasteiger partial charge on any atom is 0.185 e. The van der Waals surface area contributed by atoms with Crippen LogP contribution in [-0.2, 0) is 17.9 Å². The first-order valence-corrected chi connectivity index (χ1v) is 15.1. The van der Waals surface area contributed by atoms with Crippen molar-refractivity contribution in [1.82, 2.24) is 10.3 Å². The van der Waals surface area contributed by atoms with Gasteiger partial charge < -0.3 is 24.9 Å². The van der Waals surface area contributed by atoms with E-state index in [1.165, 1.54) is 54.4 Å². The van der Waals surface area contributed by atoms with Crippen LogP contribution in [0.3, 0.4) is 0 Å². The molecule has 2 aromatic carbocycles.